The van der Waals surface area contributed by atoms with Crippen LogP contribution in [0.2, 0.25) is 0 Å². The van der Waals surface area contributed by atoms with Gasteiger partial charge in [-0.1, -0.05) is 30.3 Å². The smallest absolute Gasteiger partial charge is 0.312 e. The van der Waals surface area contributed by atoms with Crippen molar-refractivity contribution in [2.24, 2.45) is 0 Å². The molecule has 25 heavy (non-hydrogen) atoms. The number of carbonyl (C=O) groups excluding carboxylic acids is 1. The van der Waals surface area contributed by atoms with E-state index in [1.165, 1.54) is 0 Å². The molecule has 3 rings (SSSR count). The normalized spacial score (nSPS) is 11.7. The van der Waals surface area contributed by atoms with E-state index in [1.807, 2.05) is 18.3 Å². The number of carboxylic acids is 1. The molecule has 1 aromatic heterocycles. The summed E-state index contributed by atoms with van der Waals surface area (Å²) in [6.07, 6.45) is 3.49. The molecular formula is C19H17N3O3. The largest absolute Gasteiger partial charge is 0.481 e. The Bertz CT molecular complexity index is 843. The Morgan fingerprint density at radius 3 is 2.36 bits per heavy atom. The van der Waals surface area contributed by atoms with Crippen molar-refractivity contribution in [3.63, 3.8) is 0 Å². The van der Waals surface area contributed by atoms with Gasteiger partial charge in [0.05, 0.1) is 11.6 Å². The van der Waals surface area contributed by atoms with Crippen LogP contribution in [-0.4, -0.2) is 33.3 Å². The van der Waals surface area contributed by atoms with E-state index >= 15 is 0 Å². The molecular weight excluding hydrogens is 318 g/mol. The van der Waals surface area contributed by atoms with Gasteiger partial charge in [-0.05, 0) is 35.9 Å². The number of rotatable bonds is 6. The molecule has 1 amide bonds. The molecule has 0 bridgehead atoms. The van der Waals surface area contributed by atoms with Crippen LogP contribution in [0.25, 0.3) is 5.69 Å². The highest BCUT2D eigenvalue weighted by Gasteiger charge is 2.20. The van der Waals surface area contributed by atoms with Crippen molar-refractivity contribution >= 4 is 11.9 Å². The van der Waals surface area contributed by atoms with Gasteiger partial charge >= 0.3 is 5.97 Å². The number of aromatic nitrogens is 2. The molecule has 0 aliphatic heterocycles. The molecule has 3 aromatic rings. The van der Waals surface area contributed by atoms with Crippen LogP contribution in [-0.2, 0) is 4.79 Å². The lowest BCUT2D eigenvalue weighted by Crippen LogP contribution is -2.31. The zero-order valence-corrected chi connectivity index (χ0v) is 13.4. The maximum atomic E-state index is 12.3. The van der Waals surface area contributed by atoms with E-state index in [1.54, 1.807) is 59.4 Å². The molecule has 0 fully saturated rings. The van der Waals surface area contributed by atoms with Crippen molar-refractivity contribution in [3.8, 4) is 5.69 Å². The van der Waals surface area contributed by atoms with Gasteiger partial charge in [-0.2, -0.15) is 5.10 Å². The summed E-state index contributed by atoms with van der Waals surface area (Å²) in [6, 6.07) is 17.6. The summed E-state index contributed by atoms with van der Waals surface area (Å²) >= 11 is 0. The Kier molecular flexibility index (Phi) is 4.89. The van der Waals surface area contributed by atoms with Crippen LogP contribution >= 0.6 is 0 Å². The molecule has 0 radical (unpaired) electrons. The van der Waals surface area contributed by atoms with E-state index in [0.29, 0.717) is 11.1 Å². The zero-order chi connectivity index (χ0) is 17.6. The van der Waals surface area contributed by atoms with Crippen molar-refractivity contribution in [1.82, 2.24) is 15.1 Å². The topological polar surface area (TPSA) is 84.2 Å². The monoisotopic (exact) mass is 335 g/mol. The first-order chi connectivity index (χ1) is 12.1. The number of amides is 1. The summed E-state index contributed by atoms with van der Waals surface area (Å²) < 4.78 is 1.69. The maximum Gasteiger partial charge on any atom is 0.312 e. The van der Waals surface area contributed by atoms with Crippen molar-refractivity contribution < 1.29 is 14.7 Å². The molecule has 2 N–H and O–H groups in total. The summed E-state index contributed by atoms with van der Waals surface area (Å²) in [5.41, 5.74) is 1.96. The molecule has 0 saturated heterocycles. The van der Waals surface area contributed by atoms with E-state index in [0.717, 1.165) is 5.69 Å². The fourth-order valence-electron chi connectivity index (χ4n) is 2.52. The number of carbonyl (C=O) groups is 2. The van der Waals surface area contributed by atoms with Crippen LogP contribution < -0.4 is 5.32 Å². The van der Waals surface area contributed by atoms with E-state index < -0.39 is 11.9 Å². The number of benzene rings is 2. The molecule has 6 nitrogen and oxygen atoms in total. The molecule has 1 atom stereocenters. The lowest BCUT2D eigenvalue weighted by Gasteiger charge is -2.14. The lowest BCUT2D eigenvalue weighted by molar-refractivity contribution is -0.138. The summed E-state index contributed by atoms with van der Waals surface area (Å²) in [4.78, 5) is 23.7. The fourth-order valence-corrected chi connectivity index (χ4v) is 2.52. The van der Waals surface area contributed by atoms with E-state index in [2.05, 4.69) is 10.4 Å². The van der Waals surface area contributed by atoms with Gasteiger partial charge in [0.25, 0.3) is 5.91 Å². The minimum absolute atomic E-state index is 0.0269. The molecule has 126 valence electrons. The zero-order valence-electron chi connectivity index (χ0n) is 13.4. The number of hydrogen-bond donors (Lipinski definition) is 2. The Labute approximate surface area is 144 Å². The Balaban J connectivity index is 1.66. The van der Waals surface area contributed by atoms with Gasteiger partial charge in [0.2, 0.25) is 0 Å². The number of aliphatic carboxylic acids is 1. The van der Waals surface area contributed by atoms with Gasteiger partial charge in [-0.25, -0.2) is 4.68 Å². The maximum absolute atomic E-state index is 12.3. The quantitative estimate of drug-likeness (QED) is 0.725. The van der Waals surface area contributed by atoms with Crippen molar-refractivity contribution in [2.75, 3.05) is 6.54 Å². The SMILES string of the molecule is O=C(NCC(C(=O)O)c1ccccc1)c1ccc(-n2cccn2)cc1. The second-order valence-electron chi connectivity index (χ2n) is 5.51. The highest BCUT2D eigenvalue weighted by atomic mass is 16.4. The summed E-state index contributed by atoms with van der Waals surface area (Å²) in [5.74, 6) is -2.07. The third-order valence-corrected chi connectivity index (χ3v) is 3.87. The first kappa shape index (κ1) is 16.4. The van der Waals surface area contributed by atoms with E-state index in [4.69, 9.17) is 0 Å². The van der Waals surface area contributed by atoms with Gasteiger partial charge in [0.1, 0.15) is 0 Å². The summed E-state index contributed by atoms with van der Waals surface area (Å²) in [7, 11) is 0. The van der Waals surface area contributed by atoms with Gasteiger partial charge in [0, 0.05) is 24.5 Å². The van der Waals surface area contributed by atoms with Gasteiger partial charge in [-0.15, -0.1) is 0 Å². The number of carboxylic acid groups (broad SMARTS) is 1. The van der Waals surface area contributed by atoms with Gasteiger partial charge in [-0.3, -0.25) is 9.59 Å². The molecule has 1 unspecified atom stereocenters. The minimum atomic E-state index is -0.972. The van der Waals surface area contributed by atoms with Crippen LogP contribution in [0.1, 0.15) is 21.8 Å². The highest BCUT2D eigenvalue weighted by Crippen LogP contribution is 2.15. The van der Waals surface area contributed by atoms with E-state index in [9.17, 15) is 14.7 Å². The van der Waals surface area contributed by atoms with Gasteiger partial charge in [0.15, 0.2) is 0 Å². The number of hydrogen-bond acceptors (Lipinski definition) is 3. The summed E-state index contributed by atoms with van der Waals surface area (Å²) in [6.45, 7) is 0.0269. The molecule has 2 aromatic carbocycles. The van der Waals surface area contributed by atoms with Crippen LogP contribution in [0.3, 0.4) is 0 Å². The highest BCUT2D eigenvalue weighted by molar-refractivity contribution is 5.94. The first-order valence-electron chi connectivity index (χ1n) is 7.81. The van der Waals surface area contributed by atoms with E-state index in [-0.39, 0.29) is 12.5 Å². The lowest BCUT2D eigenvalue weighted by atomic mass is 9.99. The second kappa shape index (κ2) is 7.44. The molecule has 0 aliphatic rings. The van der Waals surface area contributed by atoms with Gasteiger partial charge < -0.3 is 10.4 Å². The average molecular weight is 335 g/mol. The standard InChI is InChI=1S/C19H17N3O3/c23-18(15-7-9-16(10-8-15)22-12-4-11-21-22)20-13-17(19(24)25)14-5-2-1-3-6-14/h1-12,17H,13H2,(H,20,23)(H,24,25). The van der Waals surface area contributed by atoms with Crippen LogP contribution in [0.5, 0.6) is 0 Å². The number of nitrogens with zero attached hydrogens (tertiary/aromatic N) is 2. The third-order valence-electron chi connectivity index (χ3n) is 3.87. The average Bonchev–Trinajstić information content (AvgIpc) is 3.17. The molecule has 6 heteroatoms. The Morgan fingerprint density at radius 1 is 1.04 bits per heavy atom. The third kappa shape index (κ3) is 3.92. The predicted molar refractivity (Wildman–Crippen MR) is 92.7 cm³/mol. The van der Waals surface area contributed by atoms with Crippen molar-refractivity contribution in [3.05, 3.63) is 84.2 Å². The number of nitrogens with one attached hydrogen (secondary N) is 1. The Hall–Kier alpha value is -3.41. The summed E-state index contributed by atoms with van der Waals surface area (Å²) in [5, 5.41) is 16.2. The first-order valence-corrected chi connectivity index (χ1v) is 7.81. The van der Waals surface area contributed by atoms with Crippen LogP contribution in [0.4, 0.5) is 0 Å². The van der Waals surface area contributed by atoms with Crippen LogP contribution in [0.15, 0.2) is 73.1 Å². The predicted octanol–water partition coefficient (Wildman–Crippen LogP) is 2.47. The van der Waals surface area contributed by atoms with Crippen LogP contribution in [0, 0.1) is 0 Å². The minimum Gasteiger partial charge on any atom is -0.481 e. The molecule has 0 saturated carbocycles. The Morgan fingerprint density at radius 2 is 1.76 bits per heavy atom. The van der Waals surface area contributed by atoms with Crippen molar-refractivity contribution in [1.29, 1.82) is 0 Å². The van der Waals surface area contributed by atoms with Crippen molar-refractivity contribution in [2.45, 2.75) is 5.92 Å². The molecule has 1 heterocycles. The second-order valence-corrected chi connectivity index (χ2v) is 5.51. The molecule has 0 aliphatic carbocycles. The fraction of sp³-hybridized carbons (Fsp3) is 0.105. The molecule has 0 spiro atoms.